The summed E-state index contributed by atoms with van der Waals surface area (Å²) in [5.74, 6) is -1.64. The molecule has 0 amide bonds. The van der Waals surface area contributed by atoms with Gasteiger partial charge in [0.15, 0.2) is 17.9 Å². The predicted molar refractivity (Wildman–Crippen MR) is 139 cm³/mol. The second-order valence-electron chi connectivity index (χ2n) is 11.6. The van der Waals surface area contributed by atoms with Crippen molar-refractivity contribution in [1.82, 2.24) is 0 Å². The van der Waals surface area contributed by atoms with Gasteiger partial charge in [0, 0.05) is 17.5 Å². The van der Waals surface area contributed by atoms with E-state index in [1.54, 1.807) is 12.1 Å². The van der Waals surface area contributed by atoms with Crippen LogP contribution in [0.25, 0.3) is 0 Å². The molecule has 0 atom stereocenters. The zero-order valence-corrected chi connectivity index (χ0v) is 22.7. The highest BCUT2D eigenvalue weighted by Crippen LogP contribution is 2.44. The van der Waals surface area contributed by atoms with Gasteiger partial charge in [-0.05, 0) is 80.0 Å². The summed E-state index contributed by atoms with van der Waals surface area (Å²) in [5, 5.41) is 0. The number of hydrogen-bond acceptors (Lipinski definition) is 4. The maximum Gasteiger partial charge on any atom is 0.400 e. The van der Waals surface area contributed by atoms with Gasteiger partial charge < -0.3 is 18.9 Å². The van der Waals surface area contributed by atoms with E-state index in [1.807, 2.05) is 0 Å². The van der Waals surface area contributed by atoms with Crippen molar-refractivity contribution in [2.75, 3.05) is 20.1 Å². The maximum absolute atomic E-state index is 15.2. The lowest BCUT2D eigenvalue weighted by Crippen LogP contribution is -2.37. The molecular formula is C31H37F5O4. The molecule has 0 N–H and O–H groups in total. The summed E-state index contributed by atoms with van der Waals surface area (Å²) in [6.45, 7) is 2.28. The zero-order chi connectivity index (χ0) is 28.3. The van der Waals surface area contributed by atoms with E-state index < -0.39 is 31.0 Å². The Morgan fingerprint density at radius 2 is 1.52 bits per heavy atom. The van der Waals surface area contributed by atoms with E-state index in [9.17, 15) is 17.6 Å². The van der Waals surface area contributed by atoms with Gasteiger partial charge in [0.1, 0.15) is 11.6 Å². The SMILES string of the molecule is CC1CCC(C2COC(c3ccc(C4CCC(C(F)(F)Oc5ccc(OCF)c(F)c5)CC4)c(F)c3)OC2)CC1. The van der Waals surface area contributed by atoms with E-state index in [2.05, 4.69) is 11.7 Å². The first-order valence-electron chi connectivity index (χ1n) is 14.3. The molecule has 5 rings (SSSR count). The highest BCUT2D eigenvalue weighted by molar-refractivity contribution is 5.33. The van der Waals surface area contributed by atoms with Gasteiger partial charge in [-0.2, -0.15) is 8.78 Å². The fraction of sp³-hybridized carbons (Fsp3) is 0.613. The Hall–Kier alpha value is -2.39. The number of halogens is 5. The minimum absolute atomic E-state index is 0.126. The molecule has 1 aliphatic heterocycles. The van der Waals surface area contributed by atoms with Crippen molar-refractivity contribution in [3.8, 4) is 11.5 Å². The van der Waals surface area contributed by atoms with Crippen LogP contribution in [-0.4, -0.2) is 26.2 Å². The fourth-order valence-corrected chi connectivity index (χ4v) is 6.46. The molecule has 9 heteroatoms. The number of benzene rings is 2. The highest BCUT2D eigenvalue weighted by atomic mass is 19.3. The third-order valence-corrected chi connectivity index (χ3v) is 8.96. The number of alkyl halides is 3. The first kappa shape index (κ1) is 29.1. The van der Waals surface area contributed by atoms with Gasteiger partial charge >= 0.3 is 6.11 Å². The van der Waals surface area contributed by atoms with Crippen LogP contribution in [0.4, 0.5) is 22.0 Å². The molecule has 220 valence electrons. The average molecular weight is 569 g/mol. The summed E-state index contributed by atoms with van der Waals surface area (Å²) < 4.78 is 92.4. The standard InChI is InChI=1S/C31H37F5O4/c1-19-2-4-20(5-3-19)23-16-37-30(38-17-23)22-8-12-26(27(33)14-22)21-6-9-24(10-7-21)31(35,36)40-25-11-13-29(39-18-32)28(34)15-25/h8,11-15,19-21,23-24,30H,2-7,9-10,16-18H2,1H3. The molecule has 4 nitrogen and oxygen atoms in total. The molecular weight excluding hydrogens is 531 g/mol. The minimum atomic E-state index is -3.54. The molecule has 0 bridgehead atoms. The van der Waals surface area contributed by atoms with Crippen molar-refractivity contribution in [3.63, 3.8) is 0 Å². The Morgan fingerprint density at radius 3 is 2.15 bits per heavy atom. The largest absolute Gasteiger partial charge is 0.460 e. The molecule has 2 aromatic rings. The van der Waals surface area contributed by atoms with Crippen LogP contribution in [0.1, 0.15) is 81.6 Å². The van der Waals surface area contributed by atoms with Gasteiger partial charge in [0.2, 0.25) is 6.86 Å². The van der Waals surface area contributed by atoms with Crippen LogP contribution in [0.2, 0.25) is 0 Å². The minimum Gasteiger partial charge on any atom is -0.460 e. The van der Waals surface area contributed by atoms with Crippen molar-refractivity contribution in [2.24, 2.45) is 23.7 Å². The predicted octanol–water partition coefficient (Wildman–Crippen LogP) is 8.70. The summed E-state index contributed by atoms with van der Waals surface area (Å²) >= 11 is 0. The Morgan fingerprint density at radius 1 is 0.825 bits per heavy atom. The topological polar surface area (TPSA) is 36.9 Å². The van der Waals surface area contributed by atoms with Crippen molar-refractivity contribution in [1.29, 1.82) is 0 Å². The van der Waals surface area contributed by atoms with Crippen LogP contribution in [0.15, 0.2) is 36.4 Å². The summed E-state index contributed by atoms with van der Waals surface area (Å²) in [6.07, 6.45) is 1.76. The van der Waals surface area contributed by atoms with Crippen LogP contribution in [-0.2, 0) is 9.47 Å². The molecule has 2 aliphatic carbocycles. The van der Waals surface area contributed by atoms with Crippen LogP contribution >= 0.6 is 0 Å². The Bertz CT molecular complexity index is 1120. The Labute approximate surface area is 232 Å². The van der Waals surface area contributed by atoms with Crippen molar-refractivity contribution in [2.45, 2.75) is 76.6 Å². The second kappa shape index (κ2) is 12.6. The van der Waals surface area contributed by atoms with Crippen molar-refractivity contribution < 1.29 is 40.9 Å². The zero-order valence-electron chi connectivity index (χ0n) is 22.7. The van der Waals surface area contributed by atoms with E-state index in [4.69, 9.17) is 14.2 Å². The van der Waals surface area contributed by atoms with Crippen LogP contribution in [0.3, 0.4) is 0 Å². The Kier molecular flexibility index (Phi) is 9.20. The van der Waals surface area contributed by atoms with Crippen molar-refractivity contribution >= 4 is 0 Å². The van der Waals surface area contributed by atoms with Gasteiger partial charge in [-0.15, -0.1) is 0 Å². The van der Waals surface area contributed by atoms with E-state index in [-0.39, 0.29) is 36.1 Å². The highest BCUT2D eigenvalue weighted by Gasteiger charge is 2.44. The number of rotatable bonds is 8. The number of hydrogen-bond donors (Lipinski definition) is 0. The van der Waals surface area contributed by atoms with Crippen molar-refractivity contribution in [3.05, 3.63) is 59.2 Å². The van der Waals surface area contributed by atoms with Gasteiger partial charge in [0.05, 0.1) is 19.1 Å². The molecule has 0 aromatic heterocycles. The van der Waals surface area contributed by atoms with Gasteiger partial charge in [-0.25, -0.2) is 13.2 Å². The molecule has 1 saturated heterocycles. The first-order chi connectivity index (χ1) is 19.2. The Balaban J connectivity index is 1.13. The first-order valence-corrected chi connectivity index (χ1v) is 14.3. The average Bonchev–Trinajstić information content (AvgIpc) is 2.95. The smallest absolute Gasteiger partial charge is 0.400 e. The van der Waals surface area contributed by atoms with Crippen LogP contribution in [0.5, 0.6) is 11.5 Å². The molecule has 2 aromatic carbocycles. The van der Waals surface area contributed by atoms with E-state index >= 15 is 4.39 Å². The summed E-state index contributed by atoms with van der Waals surface area (Å²) in [6, 6.07) is 7.87. The molecule has 3 aliphatic rings. The van der Waals surface area contributed by atoms with Gasteiger partial charge in [0.25, 0.3) is 0 Å². The molecule has 2 saturated carbocycles. The quantitative estimate of drug-likeness (QED) is 0.299. The number of ether oxygens (including phenoxy) is 4. The third-order valence-electron chi connectivity index (χ3n) is 8.96. The molecule has 40 heavy (non-hydrogen) atoms. The molecule has 1 heterocycles. The second-order valence-corrected chi connectivity index (χ2v) is 11.6. The third kappa shape index (κ3) is 6.73. The molecule has 0 radical (unpaired) electrons. The van der Waals surface area contributed by atoms with E-state index in [1.165, 1.54) is 31.7 Å². The monoisotopic (exact) mass is 568 g/mol. The van der Waals surface area contributed by atoms with E-state index in [0.717, 1.165) is 24.1 Å². The lowest BCUT2D eigenvalue weighted by Gasteiger charge is -2.37. The fourth-order valence-electron chi connectivity index (χ4n) is 6.46. The van der Waals surface area contributed by atoms with Crippen LogP contribution in [0, 0.1) is 35.3 Å². The van der Waals surface area contributed by atoms with Crippen LogP contribution < -0.4 is 9.47 Å². The van der Waals surface area contributed by atoms with E-state index in [0.29, 0.717) is 49.0 Å². The lowest BCUT2D eigenvalue weighted by molar-refractivity contribution is -0.222. The maximum atomic E-state index is 15.2. The molecule has 0 spiro atoms. The normalized spacial score (nSPS) is 29.6. The molecule has 0 unspecified atom stereocenters. The van der Waals surface area contributed by atoms with Gasteiger partial charge in [-0.1, -0.05) is 31.9 Å². The summed E-state index contributed by atoms with van der Waals surface area (Å²) in [4.78, 5) is 0. The summed E-state index contributed by atoms with van der Waals surface area (Å²) in [7, 11) is 0. The summed E-state index contributed by atoms with van der Waals surface area (Å²) in [5.41, 5.74) is 1.13. The molecule has 3 fully saturated rings. The van der Waals surface area contributed by atoms with Gasteiger partial charge in [-0.3, -0.25) is 0 Å². The lowest BCUT2D eigenvalue weighted by atomic mass is 9.76.